The van der Waals surface area contributed by atoms with Crippen molar-refractivity contribution in [3.05, 3.63) is 35.4 Å². The molecule has 0 atom stereocenters. The van der Waals surface area contributed by atoms with Crippen LogP contribution >= 0.6 is 0 Å². The van der Waals surface area contributed by atoms with Crippen LogP contribution in [0.5, 0.6) is 0 Å². The molecule has 1 heterocycles. The Morgan fingerprint density at radius 1 is 1.23 bits per heavy atom. The van der Waals surface area contributed by atoms with Crippen molar-refractivity contribution in [3.63, 3.8) is 0 Å². The maximum absolute atomic E-state index is 12.7. The Morgan fingerprint density at radius 3 is 2.50 bits per heavy atom. The molecule has 7 heteroatoms. The van der Waals surface area contributed by atoms with Gasteiger partial charge in [-0.2, -0.15) is 13.2 Å². The number of rotatable bonds is 4. The Morgan fingerprint density at radius 2 is 1.91 bits per heavy atom. The van der Waals surface area contributed by atoms with Gasteiger partial charge in [-0.05, 0) is 18.7 Å². The number of carbonyl (C=O) groups is 1. The van der Waals surface area contributed by atoms with Gasteiger partial charge in [-0.3, -0.25) is 9.69 Å². The van der Waals surface area contributed by atoms with Crippen molar-refractivity contribution in [2.75, 3.05) is 39.8 Å². The lowest BCUT2D eigenvalue weighted by molar-refractivity contribution is -0.137. The predicted octanol–water partition coefficient (Wildman–Crippen LogP) is 1.57. The first kappa shape index (κ1) is 16.8. The molecule has 2 rings (SSSR count). The predicted molar refractivity (Wildman–Crippen MR) is 77.2 cm³/mol. The Kier molecular flexibility index (Phi) is 5.42. The van der Waals surface area contributed by atoms with Crippen molar-refractivity contribution in [3.8, 4) is 0 Å². The number of likely N-dealkylation sites (N-methyl/N-ethyl adjacent to an activating group) is 1. The molecular formula is C15H20F3N3O. The molecule has 0 radical (unpaired) electrons. The lowest BCUT2D eigenvalue weighted by Gasteiger charge is -2.34. The maximum Gasteiger partial charge on any atom is 0.416 e. The van der Waals surface area contributed by atoms with Gasteiger partial charge < -0.3 is 10.2 Å². The van der Waals surface area contributed by atoms with Crippen LogP contribution in [0.15, 0.2) is 24.3 Å². The van der Waals surface area contributed by atoms with Crippen LogP contribution in [0.25, 0.3) is 0 Å². The number of halogens is 3. The van der Waals surface area contributed by atoms with Crippen LogP contribution < -0.4 is 5.32 Å². The molecule has 1 N–H and O–H groups in total. The number of hydrogen-bond acceptors (Lipinski definition) is 3. The molecule has 1 fully saturated rings. The van der Waals surface area contributed by atoms with E-state index in [0.717, 1.165) is 6.07 Å². The van der Waals surface area contributed by atoms with Crippen molar-refractivity contribution in [2.24, 2.45) is 0 Å². The average Bonchev–Trinajstić information content (AvgIpc) is 2.48. The lowest BCUT2D eigenvalue weighted by atomic mass is 10.1. The summed E-state index contributed by atoms with van der Waals surface area (Å²) in [5.41, 5.74) is 0.0256. The molecule has 1 aliphatic rings. The summed E-state index contributed by atoms with van der Waals surface area (Å²) in [7, 11) is 1.72. The standard InChI is InChI=1S/C15H20F3N3O/c1-19-10-14(22)21-7-5-20(6-8-21)11-12-3-2-4-13(9-12)15(16,17)18/h2-4,9,19H,5-8,10-11H2,1H3. The largest absolute Gasteiger partial charge is 0.416 e. The Balaban J connectivity index is 1.90. The van der Waals surface area contributed by atoms with E-state index in [1.165, 1.54) is 12.1 Å². The highest BCUT2D eigenvalue weighted by Crippen LogP contribution is 2.29. The number of piperazine rings is 1. The van der Waals surface area contributed by atoms with E-state index in [2.05, 4.69) is 10.2 Å². The van der Waals surface area contributed by atoms with Gasteiger partial charge >= 0.3 is 6.18 Å². The van der Waals surface area contributed by atoms with Crippen LogP contribution in [-0.2, 0) is 17.5 Å². The normalized spacial score (nSPS) is 16.8. The molecule has 1 saturated heterocycles. The molecule has 1 aromatic rings. The topological polar surface area (TPSA) is 35.6 Å². The number of alkyl halides is 3. The second-order valence-corrected chi connectivity index (χ2v) is 5.39. The highest BCUT2D eigenvalue weighted by molar-refractivity contribution is 5.78. The van der Waals surface area contributed by atoms with Crippen molar-refractivity contribution in [1.82, 2.24) is 15.1 Å². The van der Waals surface area contributed by atoms with E-state index in [9.17, 15) is 18.0 Å². The average molecular weight is 315 g/mol. The molecule has 0 bridgehead atoms. The summed E-state index contributed by atoms with van der Waals surface area (Å²) in [5, 5.41) is 2.82. The molecule has 0 aromatic heterocycles. The van der Waals surface area contributed by atoms with E-state index in [-0.39, 0.29) is 5.91 Å². The summed E-state index contributed by atoms with van der Waals surface area (Å²) in [6.07, 6.45) is -4.31. The van der Waals surface area contributed by atoms with Crippen molar-refractivity contribution in [1.29, 1.82) is 0 Å². The fourth-order valence-corrected chi connectivity index (χ4v) is 2.52. The third-order valence-corrected chi connectivity index (χ3v) is 3.71. The fourth-order valence-electron chi connectivity index (χ4n) is 2.52. The Labute approximate surface area is 127 Å². The molecule has 4 nitrogen and oxygen atoms in total. The first-order valence-corrected chi connectivity index (χ1v) is 7.21. The lowest BCUT2D eigenvalue weighted by Crippen LogP contribution is -2.50. The zero-order chi connectivity index (χ0) is 16.2. The second-order valence-electron chi connectivity index (χ2n) is 5.39. The zero-order valence-electron chi connectivity index (χ0n) is 12.5. The summed E-state index contributed by atoms with van der Waals surface area (Å²) >= 11 is 0. The van der Waals surface area contributed by atoms with E-state index in [4.69, 9.17) is 0 Å². The van der Waals surface area contributed by atoms with Crippen molar-refractivity contribution in [2.45, 2.75) is 12.7 Å². The minimum atomic E-state index is -4.31. The molecule has 1 aliphatic heterocycles. The first-order chi connectivity index (χ1) is 10.4. The molecule has 1 aromatic carbocycles. The molecular weight excluding hydrogens is 295 g/mol. The minimum Gasteiger partial charge on any atom is -0.339 e. The monoisotopic (exact) mass is 315 g/mol. The summed E-state index contributed by atoms with van der Waals surface area (Å²) in [4.78, 5) is 15.6. The van der Waals surface area contributed by atoms with Crippen LogP contribution in [0.2, 0.25) is 0 Å². The highest BCUT2D eigenvalue weighted by Gasteiger charge is 2.30. The molecule has 1 amide bonds. The van der Waals surface area contributed by atoms with Gasteiger partial charge in [0.15, 0.2) is 0 Å². The molecule has 0 aliphatic carbocycles. The number of nitrogens with one attached hydrogen (secondary N) is 1. The van der Waals surface area contributed by atoms with E-state index >= 15 is 0 Å². The van der Waals surface area contributed by atoms with Gasteiger partial charge in [0.1, 0.15) is 0 Å². The van der Waals surface area contributed by atoms with Gasteiger partial charge in [0, 0.05) is 32.7 Å². The van der Waals surface area contributed by atoms with E-state index < -0.39 is 11.7 Å². The van der Waals surface area contributed by atoms with Crippen LogP contribution in [-0.4, -0.2) is 55.5 Å². The summed E-state index contributed by atoms with van der Waals surface area (Å²) < 4.78 is 38.1. The number of nitrogens with zero attached hydrogens (tertiary/aromatic N) is 2. The molecule has 0 spiro atoms. The maximum atomic E-state index is 12.7. The van der Waals surface area contributed by atoms with Crippen LogP contribution in [0, 0.1) is 0 Å². The third kappa shape index (κ3) is 4.45. The minimum absolute atomic E-state index is 0.0567. The summed E-state index contributed by atoms with van der Waals surface area (Å²) in [5.74, 6) is 0.0567. The first-order valence-electron chi connectivity index (χ1n) is 7.21. The summed E-state index contributed by atoms with van der Waals surface area (Å²) in [6.45, 7) is 3.35. The fraction of sp³-hybridized carbons (Fsp3) is 0.533. The van der Waals surface area contributed by atoms with Crippen molar-refractivity contribution < 1.29 is 18.0 Å². The van der Waals surface area contributed by atoms with Gasteiger partial charge in [-0.1, -0.05) is 18.2 Å². The van der Waals surface area contributed by atoms with Gasteiger partial charge in [0.2, 0.25) is 5.91 Å². The summed E-state index contributed by atoms with van der Waals surface area (Å²) in [6, 6.07) is 5.41. The van der Waals surface area contributed by atoms with E-state index in [1.807, 2.05) is 0 Å². The Bertz CT molecular complexity index is 511. The van der Waals surface area contributed by atoms with E-state index in [1.54, 1.807) is 18.0 Å². The number of amides is 1. The van der Waals surface area contributed by atoms with Gasteiger partial charge in [0.25, 0.3) is 0 Å². The highest BCUT2D eigenvalue weighted by atomic mass is 19.4. The van der Waals surface area contributed by atoms with Gasteiger partial charge in [0.05, 0.1) is 12.1 Å². The van der Waals surface area contributed by atoms with Crippen LogP contribution in [0.1, 0.15) is 11.1 Å². The van der Waals surface area contributed by atoms with Gasteiger partial charge in [-0.15, -0.1) is 0 Å². The quantitative estimate of drug-likeness (QED) is 0.916. The molecule has 122 valence electrons. The molecule has 0 saturated carbocycles. The van der Waals surface area contributed by atoms with Crippen LogP contribution in [0.3, 0.4) is 0 Å². The molecule has 22 heavy (non-hydrogen) atoms. The molecule has 0 unspecified atom stereocenters. The SMILES string of the molecule is CNCC(=O)N1CCN(Cc2cccc(C(F)(F)F)c2)CC1. The van der Waals surface area contributed by atoms with Crippen LogP contribution in [0.4, 0.5) is 13.2 Å². The van der Waals surface area contributed by atoms with Gasteiger partial charge in [-0.25, -0.2) is 0 Å². The number of benzene rings is 1. The zero-order valence-corrected chi connectivity index (χ0v) is 12.5. The second kappa shape index (κ2) is 7.11. The van der Waals surface area contributed by atoms with Crippen molar-refractivity contribution >= 4 is 5.91 Å². The Hall–Kier alpha value is -1.60. The third-order valence-electron chi connectivity index (χ3n) is 3.71. The number of hydrogen-bond donors (Lipinski definition) is 1. The smallest absolute Gasteiger partial charge is 0.339 e. The number of carbonyl (C=O) groups excluding carboxylic acids is 1. The van der Waals surface area contributed by atoms with E-state index in [0.29, 0.717) is 44.8 Å².